The predicted molar refractivity (Wildman–Crippen MR) is 319 cm³/mol. The molecule has 0 atom stereocenters. The first-order valence-electron chi connectivity index (χ1n) is 26.0. The average molecular weight is 1230 g/mol. The second-order valence-corrected chi connectivity index (χ2v) is 18.4. The summed E-state index contributed by atoms with van der Waals surface area (Å²) < 4.78 is 79.4. The molecule has 20 nitrogen and oxygen atoms in total. The highest BCUT2D eigenvalue weighted by Crippen LogP contribution is 2.29. The number of rotatable bonds is 17. The lowest BCUT2D eigenvalue weighted by atomic mass is 10.1. The highest BCUT2D eigenvalue weighted by molar-refractivity contribution is 6.16. The summed E-state index contributed by atoms with van der Waals surface area (Å²) in [6, 6.07) is 42.9. The maximum absolute atomic E-state index is 13.9. The highest BCUT2D eigenvalue weighted by atomic mass is 19.2. The molecule has 0 aromatic heterocycles. The molecular weight excluding hydrogens is 1180 g/mol. The van der Waals surface area contributed by atoms with Crippen LogP contribution in [0.25, 0.3) is 0 Å². The van der Waals surface area contributed by atoms with Gasteiger partial charge in [0.25, 0.3) is 35.4 Å². The van der Waals surface area contributed by atoms with Crippen LogP contribution in [0.4, 0.5) is 56.1 Å². The molecule has 0 aliphatic rings. The number of para-hydroxylation sites is 3. The summed E-state index contributed by atoms with van der Waals surface area (Å²) in [4.78, 5) is 110. The van der Waals surface area contributed by atoms with E-state index in [9.17, 15) is 80.4 Å². The second kappa shape index (κ2) is 30.0. The molecule has 6 amide bonds. The zero-order valence-electron chi connectivity index (χ0n) is 46.7. The molecule has 9 N–H and O–H groups in total. The molecule has 9 rings (SSSR count). The molecule has 0 fully saturated rings. The summed E-state index contributed by atoms with van der Waals surface area (Å²) in [6.07, 6.45) is 0. The molecular formula is C65H47F5N6O14. The van der Waals surface area contributed by atoms with E-state index >= 15 is 0 Å². The first-order valence-corrected chi connectivity index (χ1v) is 26.0. The molecule has 0 bridgehead atoms. The van der Waals surface area contributed by atoms with Crippen LogP contribution >= 0.6 is 0 Å². The maximum Gasteiger partial charge on any atom is 0.337 e. The van der Waals surface area contributed by atoms with Crippen LogP contribution in [0, 0.1) is 29.1 Å². The van der Waals surface area contributed by atoms with Crippen molar-refractivity contribution in [1.29, 1.82) is 0 Å². The van der Waals surface area contributed by atoms with Crippen LogP contribution in [0.3, 0.4) is 0 Å². The van der Waals surface area contributed by atoms with Crippen molar-refractivity contribution < 1.29 is 89.9 Å². The van der Waals surface area contributed by atoms with E-state index in [1.165, 1.54) is 166 Å². The summed E-state index contributed by atoms with van der Waals surface area (Å²) in [5.74, 6) is -12.8. The number of ether oxygens (including phenoxy) is 2. The third-order valence-corrected chi connectivity index (χ3v) is 12.6. The monoisotopic (exact) mass is 1230 g/mol. The van der Waals surface area contributed by atoms with Crippen LogP contribution in [-0.4, -0.2) is 82.9 Å². The van der Waals surface area contributed by atoms with Gasteiger partial charge in [-0.05, 0) is 109 Å². The zero-order valence-corrected chi connectivity index (χ0v) is 46.7. The van der Waals surface area contributed by atoms with Gasteiger partial charge in [-0.2, -0.15) is 0 Å². The Balaban J connectivity index is 0.000000192. The summed E-state index contributed by atoms with van der Waals surface area (Å²) >= 11 is 0. The molecule has 9 aromatic carbocycles. The van der Waals surface area contributed by atoms with Crippen molar-refractivity contribution in [3.8, 4) is 11.5 Å². The smallest absolute Gasteiger partial charge is 0.337 e. The topological polar surface area (TPSA) is 305 Å². The van der Waals surface area contributed by atoms with Gasteiger partial charge in [0.2, 0.25) is 0 Å². The number of amides is 6. The van der Waals surface area contributed by atoms with Crippen molar-refractivity contribution >= 4 is 87.5 Å². The molecule has 0 unspecified atom stereocenters. The number of carbonyl (C=O) groups is 9. The van der Waals surface area contributed by atoms with Gasteiger partial charge in [-0.1, -0.05) is 72.8 Å². The predicted octanol–water partition coefficient (Wildman–Crippen LogP) is 12.4. The van der Waals surface area contributed by atoms with Crippen LogP contribution in [0.1, 0.15) is 93.2 Å². The van der Waals surface area contributed by atoms with Gasteiger partial charge in [0.05, 0.1) is 98.4 Å². The van der Waals surface area contributed by atoms with E-state index in [4.69, 9.17) is 9.47 Å². The number of nitrogens with one attached hydrogen (secondary N) is 6. The lowest BCUT2D eigenvalue weighted by Crippen LogP contribution is -2.20. The molecule has 0 spiro atoms. The minimum Gasteiger partial charge on any atom is -0.497 e. The Bertz CT molecular complexity index is 4280. The first kappa shape index (κ1) is 65.0. The van der Waals surface area contributed by atoms with Crippen molar-refractivity contribution in [2.45, 2.75) is 0 Å². The van der Waals surface area contributed by atoms with E-state index in [1.54, 1.807) is 12.1 Å². The Kier molecular flexibility index (Phi) is 21.7. The van der Waals surface area contributed by atoms with E-state index in [1.807, 2.05) is 0 Å². The molecule has 9 aromatic rings. The molecule has 0 aliphatic carbocycles. The largest absolute Gasteiger partial charge is 0.497 e. The van der Waals surface area contributed by atoms with Crippen molar-refractivity contribution in [2.75, 3.05) is 46.1 Å². The van der Waals surface area contributed by atoms with Crippen LogP contribution in [0.2, 0.25) is 0 Å². The number of benzene rings is 9. The van der Waals surface area contributed by atoms with Gasteiger partial charge in [-0.3, -0.25) is 28.8 Å². The fourth-order valence-electron chi connectivity index (χ4n) is 8.15. The molecule has 0 saturated carbocycles. The van der Waals surface area contributed by atoms with Crippen molar-refractivity contribution in [2.24, 2.45) is 0 Å². The molecule has 0 saturated heterocycles. The van der Waals surface area contributed by atoms with Crippen molar-refractivity contribution in [3.05, 3.63) is 273 Å². The number of hydrogen-bond donors (Lipinski definition) is 9. The zero-order chi connectivity index (χ0) is 65.2. The molecule has 25 heteroatoms. The van der Waals surface area contributed by atoms with Gasteiger partial charge in [-0.25, -0.2) is 36.3 Å². The number of methoxy groups -OCH3 is 2. The second-order valence-electron chi connectivity index (χ2n) is 18.4. The van der Waals surface area contributed by atoms with Crippen LogP contribution in [0.5, 0.6) is 11.5 Å². The molecule has 0 heterocycles. The van der Waals surface area contributed by atoms with E-state index in [2.05, 4.69) is 31.9 Å². The fraction of sp³-hybridized carbons (Fsp3) is 0.0308. The molecule has 456 valence electrons. The quantitative estimate of drug-likeness (QED) is 0.0383. The number of hydrogen-bond acceptors (Lipinski definition) is 11. The van der Waals surface area contributed by atoms with Gasteiger partial charge >= 0.3 is 17.9 Å². The summed E-state index contributed by atoms with van der Waals surface area (Å²) in [7, 11) is 2.83. The molecule has 0 radical (unpaired) electrons. The first-order chi connectivity index (χ1) is 43.1. The summed E-state index contributed by atoms with van der Waals surface area (Å²) in [5, 5.41) is 42.3. The maximum atomic E-state index is 13.9. The number of anilines is 6. The number of carboxylic acid groups (broad SMARTS) is 3. The van der Waals surface area contributed by atoms with Gasteiger partial charge in [-0.15, -0.1) is 0 Å². The van der Waals surface area contributed by atoms with E-state index in [-0.39, 0.29) is 72.9 Å². The lowest BCUT2D eigenvalue weighted by molar-refractivity contribution is 0.0687. The van der Waals surface area contributed by atoms with Gasteiger partial charge < -0.3 is 56.7 Å². The highest BCUT2D eigenvalue weighted by Gasteiger charge is 2.24. The standard InChI is InChI=1S/2C22H17FN2O5.C21H13F3N2O4/c1-30-13-10-11-15(21(27)24-18-9-5-3-7-16(18)22(28)29)19(12-13)25-20(26)14-6-2-4-8-17(14)23;1-30-13-10-11-19(25-20(26)14-6-2-4-8-17(14)23)16(12-13)21(27)24-18-9-5-3-7-15(18)22(28)29;22-14-7-3-1-5-11(14)19(27)26-18-10-16(24)15(23)9-13(18)20(28)25-17-8-4-2-6-12(17)21(29)30/h2*2-12H,1H3,(H,24,27)(H,25,26)(H,28,29);1-10H,(H,25,28)(H,26,27)(H,29,30). The van der Waals surface area contributed by atoms with Gasteiger partial charge in [0, 0.05) is 12.1 Å². The lowest BCUT2D eigenvalue weighted by Gasteiger charge is -2.14. The number of aromatic carboxylic acids is 3. The molecule has 0 aliphatic heterocycles. The number of carboxylic acids is 3. The SMILES string of the molecule is COc1ccc(C(=O)Nc2ccccc2C(=O)O)c(NC(=O)c2ccccc2F)c1.COc1ccc(NC(=O)c2ccccc2F)c(C(=O)Nc2ccccc2C(=O)O)c1.O=C(Nc1cc(F)c(F)cc1C(=O)Nc1ccccc1C(=O)O)c1ccccc1F. The Morgan fingerprint density at radius 2 is 0.533 bits per heavy atom. The summed E-state index contributed by atoms with van der Waals surface area (Å²) in [5.41, 5.74) is -1.74. The van der Waals surface area contributed by atoms with Crippen molar-refractivity contribution in [3.63, 3.8) is 0 Å². The Morgan fingerprint density at radius 1 is 0.267 bits per heavy atom. The third kappa shape index (κ3) is 16.5. The Hall–Kier alpha value is -12.5. The summed E-state index contributed by atoms with van der Waals surface area (Å²) in [6.45, 7) is 0. The van der Waals surface area contributed by atoms with Gasteiger partial charge in [0.1, 0.15) is 29.0 Å². The average Bonchev–Trinajstić information content (AvgIpc) is 2.12. The Labute approximate surface area is 506 Å². The normalized spacial score (nSPS) is 10.3. The molecule has 90 heavy (non-hydrogen) atoms. The van der Waals surface area contributed by atoms with Crippen LogP contribution in [0.15, 0.2) is 194 Å². The number of carbonyl (C=O) groups excluding carboxylic acids is 6. The van der Waals surface area contributed by atoms with Crippen LogP contribution < -0.4 is 41.4 Å². The van der Waals surface area contributed by atoms with E-state index in [0.717, 1.165) is 18.2 Å². The van der Waals surface area contributed by atoms with Crippen LogP contribution in [-0.2, 0) is 0 Å². The third-order valence-electron chi connectivity index (χ3n) is 12.6. The number of halogens is 5. The van der Waals surface area contributed by atoms with E-state index < -0.39 is 93.7 Å². The Morgan fingerprint density at radius 3 is 0.900 bits per heavy atom. The van der Waals surface area contributed by atoms with Gasteiger partial charge in [0.15, 0.2) is 11.6 Å². The van der Waals surface area contributed by atoms with E-state index in [0.29, 0.717) is 23.6 Å². The van der Waals surface area contributed by atoms with Crippen molar-refractivity contribution in [1.82, 2.24) is 0 Å². The minimum atomic E-state index is -1.37. The fourth-order valence-corrected chi connectivity index (χ4v) is 8.15. The minimum absolute atomic E-state index is 0.0132.